The van der Waals surface area contributed by atoms with Crippen LogP contribution in [0.1, 0.15) is 0 Å². The van der Waals surface area contributed by atoms with E-state index in [2.05, 4.69) is 20.4 Å². The standard InChI is InChI=1S/C12H9Cl2N5O/c1-19-10-9(5-15-19)17-12(18-11(10)20)16-6-2-3-7(13)8(14)4-6/h2-5H,1H3,(H2,16,17,18,20). The fraction of sp³-hybridized carbons (Fsp3) is 0.0833. The average molecular weight is 310 g/mol. The zero-order valence-corrected chi connectivity index (χ0v) is 11.8. The number of benzene rings is 1. The molecule has 0 bridgehead atoms. The number of rotatable bonds is 2. The van der Waals surface area contributed by atoms with Crippen LogP contribution in [0.25, 0.3) is 11.0 Å². The van der Waals surface area contributed by atoms with Gasteiger partial charge in [0.2, 0.25) is 5.95 Å². The van der Waals surface area contributed by atoms with Crippen molar-refractivity contribution < 1.29 is 0 Å². The van der Waals surface area contributed by atoms with Crippen LogP contribution in [0.4, 0.5) is 11.6 Å². The first-order chi connectivity index (χ1) is 9.54. The average Bonchev–Trinajstić information content (AvgIpc) is 2.76. The second kappa shape index (κ2) is 4.81. The lowest BCUT2D eigenvalue weighted by Crippen LogP contribution is -2.13. The van der Waals surface area contributed by atoms with Crippen molar-refractivity contribution in [3.8, 4) is 0 Å². The summed E-state index contributed by atoms with van der Waals surface area (Å²) in [5, 5.41) is 7.84. The van der Waals surface area contributed by atoms with Crippen molar-refractivity contribution in [2.45, 2.75) is 0 Å². The van der Waals surface area contributed by atoms with E-state index in [1.54, 1.807) is 25.2 Å². The summed E-state index contributed by atoms with van der Waals surface area (Å²) in [6, 6.07) is 5.05. The summed E-state index contributed by atoms with van der Waals surface area (Å²) < 4.78 is 1.48. The smallest absolute Gasteiger partial charge is 0.278 e. The quantitative estimate of drug-likeness (QED) is 0.763. The third-order valence-corrected chi connectivity index (χ3v) is 3.52. The number of halogens is 2. The lowest BCUT2D eigenvalue weighted by molar-refractivity contribution is 0.792. The maximum Gasteiger partial charge on any atom is 0.278 e. The van der Waals surface area contributed by atoms with Gasteiger partial charge in [0.05, 0.1) is 16.2 Å². The molecule has 0 amide bonds. The Labute approximate surface area is 123 Å². The van der Waals surface area contributed by atoms with Gasteiger partial charge in [-0.3, -0.25) is 14.5 Å². The molecule has 102 valence electrons. The Kier molecular flexibility index (Phi) is 3.11. The largest absolute Gasteiger partial charge is 0.326 e. The predicted octanol–water partition coefficient (Wildman–Crippen LogP) is 2.71. The minimum Gasteiger partial charge on any atom is -0.326 e. The highest BCUT2D eigenvalue weighted by Gasteiger charge is 2.08. The summed E-state index contributed by atoms with van der Waals surface area (Å²) in [6.45, 7) is 0. The van der Waals surface area contributed by atoms with Crippen molar-refractivity contribution in [1.82, 2.24) is 19.7 Å². The summed E-state index contributed by atoms with van der Waals surface area (Å²) >= 11 is 11.8. The number of anilines is 2. The molecule has 0 aliphatic rings. The zero-order chi connectivity index (χ0) is 14.3. The van der Waals surface area contributed by atoms with Gasteiger partial charge < -0.3 is 5.32 Å². The summed E-state index contributed by atoms with van der Waals surface area (Å²) in [5.41, 5.74) is 1.34. The van der Waals surface area contributed by atoms with Crippen molar-refractivity contribution >= 4 is 45.9 Å². The van der Waals surface area contributed by atoms with Gasteiger partial charge in [0.25, 0.3) is 5.56 Å². The number of aromatic nitrogens is 4. The number of aromatic amines is 1. The van der Waals surface area contributed by atoms with Gasteiger partial charge in [-0.2, -0.15) is 5.10 Å². The summed E-state index contributed by atoms with van der Waals surface area (Å²) in [7, 11) is 1.69. The van der Waals surface area contributed by atoms with Gasteiger partial charge in [0.1, 0.15) is 5.52 Å². The van der Waals surface area contributed by atoms with E-state index in [1.807, 2.05) is 0 Å². The van der Waals surface area contributed by atoms with Crippen LogP contribution < -0.4 is 10.9 Å². The van der Waals surface area contributed by atoms with Crippen molar-refractivity contribution in [3.05, 3.63) is 44.8 Å². The predicted molar refractivity (Wildman–Crippen MR) is 78.9 cm³/mol. The second-order valence-electron chi connectivity index (χ2n) is 4.17. The van der Waals surface area contributed by atoms with Crippen LogP contribution in [0, 0.1) is 0 Å². The van der Waals surface area contributed by atoms with E-state index < -0.39 is 0 Å². The molecule has 20 heavy (non-hydrogen) atoms. The Morgan fingerprint density at radius 1 is 1.30 bits per heavy atom. The Bertz CT molecular complexity index is 855. The van der Waals surface area contributed by atoms with Gasteiger partial charge in [0.15, 0.2) is 5.52 Å². The van der Waals surface area contributed by atoms with Crippen LogP contribution in [0.15, 0.2) is 29.2 Å². The number of aryl methyl sites for hydroxylation is 1. The molecular formula is C12H9Cl2N5O. The molecule has 2 aromatic heterocycles. The van der Waals surface area contributed by atoms with Crippen molar-refractivity contribution in [1.29, 1.82) is 0 Å². The van der Waals surface area contributed by atoms with Gasteiger partial charge in [0, 0.05) is 12.7 Å². The van der Waals surface area contributed by atoms with Crippen LogP contribution in [0.5, 0.6) is 0 Å². The highest BCUT2D eigenvalue weighted by atomic mass is 35.5. The van der Waals surface area contributed by atoms with Crippen LogP contribution in [0.2, 0.25) is 10.0 Å². The van der Waals surface area contributed by atoms with E-state index >= 15 is 0 Å². The molecule has 3 aromatic rings. The van der Waals surface area contributed by atoms with Gasteiger partial charge in [-0.1, -0.05) is 23.2 Å². The maximum absolute atomic E-state index is 11.9. The Balaban J connectivity index is 2.02. The summed E-state index contributed by atoms with van der Waals surface area (Å²) in [5.74, 6) is 0.314. The normalized spacial score (nSPS) is 10.9. The SMILES string of the molecule is Cn1ncc2nc(Nc3ccc(Cl)c(Cl)c3)[nH]c(=O)c21. The third-order valence-electron chi connectivity index (χ3n) is 2.78. The number of H-pyrrole nitrogens is 1. The topological polar surface area (TPSA) is 75.6 Å². The van der Waals surface area contributed by atoms with E-state index in [1.165, 1.54) is 10.9 Å². The van der Waals surface area contributed by atoms with Crippen LogP contribution >= 0.6 is 23.2 Å². The molecule has 8 heteroatoms. The first kappa shape index (κ1) is 13.0. The molecule has 6 nitrogen and oxygen atoms in total. The van der Waals surface area contributed by atoms with Crippen molar-refractivity contribution in [2.75, 3.05) is 5.32 Å². The van der Waals surface area contributed by atoms with Crippen LogP contribution in [-0.2, 0) is 7.05 Å². The molecule has 0 aliphatic carbocycles. The van der Waals surface area contributed by atoms with Crippen molar-refractivity contribution in [3.63, 3.8) is 0 Å². The van der Waals surface area contributed by atoms with E-state index in [4.69, 9.17) is 23.2 Å². The number of hydrogen-bond donors (Lipinski definition) is 2. The Morgan fingerprint density at radius 3 is 2.85 bits per heavy atom. The van der Waals surface area contributed by atoms with E-state index in [-0.39, 0.29) is 5.56 Å². The van der Waals surface area contributed by atoms with Gasteiger partial charge >= 0.3 is 0 Å². The van der Waals surface area contributed by atoms with Crippen LogP contribution in [-0.4, -0.2) is 19.7 Å². The minimum atomic E-state index is -0.266. The summed E-state index contributed by atoms with van der Waals surface area (Å²) in [4.78, 5) is 18.9. The van der Waals surface area contributed by atoms with Gasteiger partial charge in [-0.05, 0) is 18.2 Å². The third kappa shape index (κ3) is 2.23. The molecule has 0 atom stereocenters. The molecule has 0 aliphatic heterocycles. The molecule has 0 spiro atoms. The van der Waals surface area contributed by atoms with E-state index in [0.29, 0.717) is 32.7 Å². The number of fused-ring (bicyclic) bond motifs is 1. The molecule has 2 heterocycles. The molecule has 0 saturated heterocycles. The lowest BCUT2D eigenvalue weighted by Gasteiger charge is -2.06. The first-order valence-electron chi connectivity index (χ1n) is 5.69. The van der Waals surface area contributed by atoms with Gasteiger partial charge in [-0.15, -0.1) is 0 Å². The fourth-order valence-corrected chi connectivity index (χ4v) is 2.15. The highest BCUT2D eigenvalue weighted by molar-refractivity contribution is 6.42. The Morgan fingerprint density at radius 2 is 2.10 bits per heavy atom. The molecule has 1 aromatic carbocycles. The van der Waals surface area contributed by atoms with E-state index in [9.17, 15) is 4.79 Å². The molecule has 0 saturated carbocycles. The molecule has 2 N–H and O–H groups in total. The highest BCUT2D eigenvalue weighted by Crippen LogP contribution is 2.26. The Hall–Kier alpha value is -2.05. The minimum absolute atomic E-state index is 0.266. The fourth-order valence-electron chi connectivity index (χ4n) is 1.86. The second-order valence-corrected chi connectivity index (χ2v) is 4.98. The number of nitrogens with one attached hydrogen (secondary N) is 2. The van der Waals surface area contributed by atoms with Gasteiger partial charge in [-0.25, -0.2) is 4.98 Å². The maximum atomic E-state index is 11.9. The monoisotopic (exact) mass is 309 g/mol. The van der Waals surface area contributed by atoms with E-state index in [0.717, 1.165) is 0 Å². The zero-order valence-electron chi connectivity index (χ0n) is 10.3. The molecular weight excluding hydrogens is 301 g/mol. The molecule has 0 unspecified atom stereocenters. The first-order valence-corrected chi connectivity index (χ1v) is 6.44. The van der Waals surface area contributed by atoms with Crippen LogP contribution in [0.3, 0.4) is 0 Å². The van der Waals surface area contributed by atoms with Crippen molar-refractivity contribution in [2.24, 2.45) is 7.05 Å². The number of hydrogen-bond acceptors (Lipinski definition) is 4. The lowest BCUT2D eigenvalue weighted by atomic mass is 10.3. The number of nitrogens with zero attached hydrogens (tertiary/aromatic N) is 3. The summed E-state index contributed by atoms with van der Waals surface area (Å²) in [6.07, 6.45) is 1.53. The molecule has 0 fully saturated rings. The molecule has 3 rings (SSSR count). The molecule has 0 radical (unpaired) electrons.